The van der Waals surface area contributed by atoms with Crippen molar-refractivity contribution in [2.75, 3.05) is 0 Å². The molecule has 0 aromatic heterocycles. The number of carbonyl (C=O) groups excluding carboxylic acids is 1. The molecule has 0 aliphatic carbocycles. The minimum absolute atomic E-state index is 0.0595. The van der Waals surface area contributed by atoms with Gasteiger partial charge in [0.1, 0.15) is 5.82 Å². The van der Waals surface area contributed by atoms with E-state index in [1.54, 1.807) is 13.0 Å². The van der Waals surface area contributed by atoms with Crippen LogP contribution in [0.2, 0.25) is 0 Å². The molecule has 3 nitrogen and oxygen atoms in total. The second-order valence-electron chi connectivity index (χ2n) is 5.90. The van der Waals surface area contributed by atoms with Gasteiger partial charge in [-0.2, -0.15) is 0 Å². The molecule has 1 rings (SSSR count). The molecule has 0 saturated carbocycles. The van der Waals surface area contributed by atoms with E-state index >= 15 is 0 Å². The molecular formula is C15H23FN2O. The van der Waals surface area contributed by atoms with Gasteiger partial charge < -0.3 is 5.32 Å². The van der Waals surface area contributed by atoms with Crippen LogP contribution < -0.4 is 10.6 Å². The van der Waals surface area contributed by atoms with E-state index in [1.165, 1.54) is 12.1 Å². The lowest BCUT2D eigenvalue weighted by Gasteiger charge is -2.25. The van der Waals surface area contributed by atoms with Crippen molar-refractivity contribution in [3.63, 3.8) is 0 Å². The summed E-state index contributed by atoms with van der Waals surface area (Å²) >= 11 is 0. The third kappa shape index (κ3) is 5.39. The van der Waals surface area contributed by atoms with Crippen LogP contribution >= 0.6 is 0 Å². The van der Waals surface area contributed by atoms with E-state index in [0.717, 1.165) is 5.56 Å². The van der Waals surface area contributed by atoms with Crippen molar-refractivity contribution in [2.24, 2.45) is 0 Å². The number of hydrogen-bond donors (Lipinski definition) is 2. The first-order valence-electron chi connectivity index (χ1n) is 6.52. The van der Waals surface area contributed by atoms with Crippen molar-refractivity contribution in [1.29, 1.82) is 0 Å². The van der Waals surface area contributed by atoms with E-state index in [4.69, 9.17) is 0 Å². The topological polar surface area (TPSA) is 41.1 Å². The molecule has 0 aliphatic heterocycles. The minimum atomic E-state index is -0.336. The lowest BCUT2D eigenvalue weighted by atomic mass is 10.1. The molecular weight excluding hydrogens is 243 g/mol. The first-order chi connectivity index (χ1) is 8.69. The van der Waals surface area contributed by atoms with E-state index in [0.29, 0.717) is 0 Å². The van der Waals surface area contributed by atoms with Gasteiger partial charge in [-0.15, -0.1) is 0 Å². The highest BCUT2D eigenvalue weighted by Crippen LogP contribution is 2.14. The van der Waals surface area contributed by atoms with Crippen LogP contribution in [0.5, 0.6) is 0 Å². The summed E-state index contributed by atoms with van der Waals surface area (Å²) in [6, 6.07) is 5.98. The van der Waals surface area contributed by atoms with Gasteiger partial charge in [-0.1, -0.05) is 12.1 Å². The van der Waals surface area contributed by atoms with Crippen LogP contribution in [0.4, 0.5) is 4.39 Å². The number of rotatable bonds is 4. The summed E-state index contributed by atoms with van der Waals surface area (Å²) in [5.74, 6) is -0.325. The molecule has 0 fully saturated rings. The number of benzene rings is 1. The highest BCUT2D eigenvalue weighted by Gasteiger charge is 2.20. The quantitative estimate of drug-likeness (QED) is 0.880. The monoisotopic (exact) mass is 266 g/mol. The molecule has 2 N–H and O–H groups in total. The Bertz CT molecular complexity index is 440. The van der Waals surface area contributed by atoms with E-state index in [-0.39, 0.29) is 29.3 Å². The van der Waals surface area contributed by atoms with Gasteiger partial charge >= 0.3 is 0 Å². The van der Waals surface area contributed by atoms with E-state index in [9.17, 15) is 9.18 Å². The largest absolute Gasteiger partial charge is 0.350 e. The standard InChI is InChI=1S/C15H23FN2O/c1-10(12-7-6-8-13(16)9-12)17-11(2)14(19)18-15(3,4)5/h6-11,17H,1-5H3,(H,18,19)/t10-,11?/m0/s1. The average molecular weight is 266 g/mol. The molecule has 0 spiro atoms. The van der Waals surface area contributed by atoms with Crippen molar-refractivity contribution in [3.8, 4) is 0 Å². The Kier molecular flexibility index (Phi) is 5.06. The number of halogens is 1. The molecule has 0 radical (unpaired) electrons. The Morgan fingerprint density at radius 1 is 1.26 bits per heavy atom. The van der Waals surface area contributed by atoms with E-state index < -0.39 is 0 Å². The number of carbonyl (C=O) groups is 1. The zero-order valence-corrected chi connectivity index (χ0v) is 12.3. The molecule has 4 heteroatoms. The van der Waals surface area contributed by atoms with Gasteiger partial charge in [-0.25, -0.2) is 4.39 Å². The van der Waals surface area contributed by atoms with E-state index in [2.05, 4.69) is 10.6 Å². The predicted molar refractivity (Wildman–Crippen MR) is 75.3 cm³/mol. The molecule has 2 atom stereocenters. The number of amides is 1. The van der Waals surface area contributed by atoms with Gasteiger partial charge in [-0.3, -0.25) is 10.1 Å². The molecule has 1 unspecified atom stereocenters. The highest BCUT2D eigenvalue weighted by atomic mass is 19.1. The molecule has 1 amide bonds. The maximum absolute atomic E-state index is 13.1. The molecule has 19 heavy (non-hydrogen) atoms. The van der Waals surface area contributed by atoms with Crippen LogP contribution in [-0.2, 0) is 4.79 Å². The Hall–Kier alpha value is -1.42. The molecule has 0 bridgehead atoms. The smallest absolute Gasteiger partial charge is 0.237 e. The Morgan fingerprint density at radius 3 is 2.42 bits per heavy atom. The summed E-state index contributed by atoms with van der Waals surface area (Å²) in [4.78, 5) is 11.9. The molecule has 1 aromatic rings. The van der Waals surface area contributed by atoms with Gasteiger partial charge in [0.25, 0.3) is 0 Å². The van der Waals surface area contributed by atoms with Crippen molar-refractivity contribution in [2.45, 2.75) is 52.2 Å². The first kappa shape index (κ1) is 15.6. The zero-order valence-electron chi connectivity index (χ0n) is 12.3. The van der Waals surface area contributed by atoms with Crippen LogP contribution in [0.15, 0.2) is 24.3 Å². The average Bonchev–Trinajstić information content (AvgIpc) is 2.26. The van der Waals surface area contributed by atoms with Crippen LogP contribution in [-0.4, -0.2) is 17.5 Å². The summed E-state index contributed by atoms with van der Waals surface area (Å²) in [6.07, 6.45) is 0. The van der Waals surface area contributed by atoms with Crippen molar-refractivity contribution in [3.05, 3.63) is 35.6 Å². The highest BCUT2D eigenvalue weighted by molar-refractivity contribution is 5.81. The van der Waals surface area contributed by atoms with Gasteiger partial charge in [0.15, 0.2) is 0 Å². The fourth-order valence-electron chi connectivity index (χ4n) is 1.80. The summed E-state index contributed by atoms with van der Waals surface area (Å²) in [5, 5.41) is 6.08. The van der Waals surface area contributed by atoms with Crippen LogP contribution in [0.3, 0.4) is 0 Å². The van der Waals surface area contributed by atoms with Crippen LogP contribution in [0.25, 0.3) is 0 Å². The van der Waals surface area contributed by atoms with Gasteiger partial charge in [0, 0.05) is 11.6 Å². The Morgan fingerprint density at radius 2 is 1.89 bits per heavy atom. The molecule has 0 aliphatic rings. The zero-order chi connectivity index (χ0) is 14.6. The van der Waals surface area contributed by atoms with Crippen LogP contribution in [0, 0.1) is 5.82 Å². The second kappa shape index (κ2) is 6.15. The van der Waals surface area contributed by atoms with E-state index in [1.807, 2.05) is 33.8 Å². The fourth-order valence-corrected chi connectivity index (χ4v) is 1.80. The van der Waals surface area contributed by atoms with Crippen molar-refractivity contribution < 1.29 is 9.18 Å². The maximum Gasteiger partial charge on any atom is 0.237 e. The van der Waals surface area contributed by atoms with Gasteiger partial charge in [0.05, 0.1) is 6.04 Å². The summed E-state index contributed by atoms with van der Waals surface area (Å²) in [7, 11) is 0. The summed E-state index contributed by atoms with van der Waals surface area (Å²) < 4.78 is 13.1. The normalized spacial score (nSPS) is 14.8. The predicted octanol–water partition coefficient (Wildman–Crippen LogP) is 2.78. The fraction of sp³-hybridized carbons (Fsp3) is 0.533. The second-order valence-corrected chi connectivity index (χ2v) is 5.90. The summed E-state index contributed by atoms with van der Waals surface area (Å²) in [6.45, 7) is 9.53. The van der Waals surface area contributed by atoms with Crippen molar-refractivity contribution in [1.82, 2.24) is 10.6 Å². The third-order valence-electron chi connectivity index (χ3n) is 2.74. The van der Waals surface area contributed by atoms with Crippen molar-refractivity contribution >= 4 is 5.91 Å². The first-order valence-corrected chi connectivity index (χ1v) is 6.52. The third-order valence-corrected chi connectivity index (χ3v) is 2.74. The lowest BCUT2D eigenvalue weighted by Crippen LogP contribution is -2.49. The molecule has 106 valence electrons. The van der Waals surface area contributed by atoms with Gasteiger partial charge in [-0.05, 0) is 52.3 Å². The van der Waals surface area contributed by atoms with Crippen LogP contribution in [0.1, 0.15) is 46.2 Å². The minimum Gasteiger partial charge on any atom is -0.350 e. The molecule has 0 heterocycles. The number of hydrogen-bond acceptors (Lipinski definition) is 2. The van der Waals surface area contributed by atoms with Gasteiger partial charge in [0.2, 0.25) is 5.91 Å². The Balaban J connectivity index is 2.61. The lowest BCUT2D eigenvalue weighted by molar-refractivity contribution is -0.124. The number of nitrogens with one attached hydrogen (secondary N) is 2. The summed E-state index contributed by atoms with van der Waals surface area (Å²) in [5.41, 5.74) is 0.574. The molecule has 0 saturated heterocycles. The SMILES string of the molecule is CC(N[C@@H](C)c1cccc(F)c1)C(=O)NC(C)(C)C. The Labute approximate surface area is 114 Å². The maximum atomic E-state index is 13.1. The molecule has 1 aromatic carbocycles.